The quantitative estimate of drug-likeness (QED) is 0.690. The Labute approximate surface area is 79.0 Å². The summed E-state index contributed by atoms with van der Waals surface area (Å²) >= 11 is 1.49. The highest BCUT2D eigenvalue weighted by molar-refractivity contribution is 7.98. The first-order valence-corrected chi connectivity index (χ1v) is 5.04. The van der Waals surface area contributed by atoms with Gasteiger partial charge in [-0.05, 0) is 12.3 Å². The number of fused-ring (bicyclic) bond motifs is 1. The number of aromatic nitrogens is 3. The van der Waals surface area contributed by atoms with Gasteiger partial charge in [-0.1, -0.05) is 11.8 Å². The SMILES string of the molecule is CSc1nc2c(=O)n(C)ccc2[nH]1. The number of imidazole rings is 1. The van der Waals surface area contributed by atoms with Crippen LogP contribution in [0.15, 0.2) is 22.2 Å². The molecule has 0 aromatic carbocycles. The van der Waals surface area contributed by atoms with Crippen molar-refractivity contribution in [2.45, 2.75) is 5.16 Å². The van der Waals surface area contributed by atoms with Gasteiger partial charge in [0.15, 0.2) is 10.7 Å². The minimum Gasteiger partial charge on any atom is -0.333 e. The Bertz CT molecular complexity index is 500. The summed E-state index contributed by atoms with van der Waals surface area (Å²) in [5.41, 5.74) is 1.25. The minimum atomic E-state index is -0.0611. The Morgan fingerprint density at radius 2 is 2.38 bits per heavy atom. The number of nitrogens with one attached hydrogen (secondary N) is 1. The average Bonchev–Trinajstić information content (AvgIpc) is 2.55. The fourth-order valence-electron chi connectivity index (χ4n) is 1.17. The van der Waals surface area contributed by atoms with E-state index in [1.807, 2.05) is 12.3 Å². The van der Waals surface area contributed by atoms with Crippen LogP contribution in [0.4, 0.5) is 0 Å². The van der Waals surface area contributed by atoms with E-state index >= 15 is 0 Å². The highest BCUT2D eigenvalue weighted by atomic mass is 32.2. The van der Waals surface area contributed by atoms with E-state index in [1.165, 1.54) is 16.3 Å². The van der Waals surface area contributed by atoms with Crippen molar-refractivity contribution < 1.29 is 0 Å². The average molecular weight is 195 g/mol. The van der Waals surface area contributed by atoms with Gasteiger partial charge in [-0.25, -0.2) is 4.98 Å². The molecule has 2 aromatic heterocycles. The van der Waals surface area contributed by atoms with E-state index in [-0.39, 0.29) is 5.56 Å². The summed E-state index contributed by atoms with van der Waals surface area (Å²) in [5.74, 6) is 0. The minimum absolute atomic E-state index is 0.0611. The molecule has 0 fully saturated rings. The van der Waals surface area contributed by atoms with Crippen LogP contribution >= 0.6 is 11.8 Å². The van der Waals surface area contributed by atoms with E-state index < -0.39 is 0 Å². The zero-order valence-corrected chi connectivity index (χ0v) is 8.18. The maximum atomic E-state index is 11.5. The number of thioether (sulfide) groups is 1. The van der Waals surface area contributed by atoms with E-state index in [1.54, 1.807) is 13.2 Å². The van der Waals surface area contributed by atoms with Crippen LogP contribution in [-0.4, -0.2) is 20.8 Å². The molecule has 0 atom stereocenters. The van der Waals surface area contributed by atoms with Gasteiger partial charge in [0.25, 0.3) is 5.56 Å². The molecule has 13 heavy (non-hydrogen) atoms. The van der Waals surface area contributed by atoms with Crippen LogP contribution in [0.2, 0.25) is 0 Å². The normalized spacial score (nSPS) is 10.9. The van der Waals surface area contributed by atoms with Crippen LogP contribution in [0.3, 0.4) is 0 Å². The highest BCUT2D eigenvalue weighted by Gasteiger charge is 2.05. The predicted molar refractivity (Wildman–Crippen MR) is 53.1 cm³/mol. The van der Waals surface area contributed by atoms with Crippen LogP contribution in [0.1, 0.15) is 0 Å². The third-order valence-corrected chi connectivity index (χ3v) is 2.47. The zero-order valence-electron chi connectivity index (χ0n) is 7.37. The number of rotatable bonds is 1. The molecule has 0 aliphatic rings. The van der Waals surface area contributed by atoms with Crippen LogP contribution in [0.5, 0.6) is 0 Å². The second kappa shape index (κ2) is 2.92. The number of hydrogen-bond donors (Lipinski definition) is 1. The smallest absolute Gasteiger partial charge is 0.278 e. The molecule has 1 N–H and O–H groups in total. The van der Waals surface area contributed by atoms with Gasteiger partial charge >= 0.3 is 0 Å². The Balaban J connectivity index is 2.84. The molecule has 0 aliphatic carbocycles. The Morgan fingerprint density at radius 3 is 3.08 bits per heavy atom. The monoisotopic (exact) mass is 195 g/mol. The fraction of sp³-hybridized carbons (Fsp3) is 0.250. The van der Waals surface area contributed by atoms with Crippen molar-refractivity contribution >= 4 is 22.8 Å². The van der Waals surface area contributed by atoms with Crippen molar-refractivity contribution in [1.29, 1.82) is 0 Å². The second-order valence-electron chi connectivity index (χ2n) is 2.74. The third kappa shape index (κ3) is 1.25. The topological polar surface area (TPSA) is 50.7 Å². The molecule has 0 spiro atoms. The summed E-state index contributed by atoms with van der Waals surface area (Å²) in [6.45, 7) is 0. The first kappa shape index (κ1) is 8.37. The predicted octanol–water partition coefficient (Wildman–Crippen LogP) is 0.983. The fourth-order valence-corrected chi connectivity index (χ4v) is 1.56. The van der Waals surface area contributed by atoms with Crippen molar-refractivity contribution in [1.82, 2.24) is 14.5 Å². The number of aryl methyl sites for hydroxylation is 1. The van der Waals surface area contributed by atoms with Crippen molar-refractivity contribution in [2.24, 2.45) is 7.05 Å². The van der Waals surface area contributed by atoms with Gasteiger partial charge in [0, 0.05) is 13.2 Å². The Kier molecular flexibility index (Phi) is 1.88. The van der Waals surface area contributed by atoms with Crippen LogP contribution in [0, 0.1) is 0 Å². The first-order chi connectivity index (χ1) is 6.22. The molecule has 0 aliphatic heterocycles. The highest BCUT2D eigenvalue weighted by Crippen LogP contribution is 2.13. The molecular weight excluding hydrogens is 186 g/mol. The summed E-state index contributed by atoms with van der Waals surface area (Å²) in [7, 11) is 1.72. The van der Waals surface area contributed by atoms with Gasteiger partial charge in [-0.2, -0.15) is 0 Å². The lowest BCUT2D eigenvalue weighted by molar-refractivity contribution is 0.869. The van der Waals surface area contributed by atoms with Crippen molar-refractivity contribution in [2.75, 3.05) is 6.26 Å². The number of pyridine rings is 1. The molecule has 2 rings (SSSR count). The molecule has 2 aromatic rings. The Morgan fingerprint density at radius 1 is 1.62 bits per heavy atom. The van der Waals surface area contributed by atoms with Gasteiger partial charge in [-0.3, -0.25) is 4.79 Å². The summed E-state index contributed by atoms with van der Waals surface area (Å²) in [6.07, 6.45) is 3.65. The van der Waals surface area contributed by atoms with Gasteiger partial charge in [-0.15, -0.1) is 0 Å². The van der Waals surface area contributed by atoms with E-state index in [0.717, 1.165) is 10.7 Å². The van der Waals surface area contributed by atoms with Crippen LogP contribution in [-0.2, 0) is 7.05 Å². The second-order valence-corrected chi connectivity index (χ2v) is 3.54. The lowest BCUT2D eigenvalue weighted by atomic mass is 10.4. The molecule has 0 bridgehead atoms. The molecule has 0 unspecified atom stereocenters. The number of nitrogens with zero attached hydrogens (tertiary/aromatic N) is 2. The molecule has 5 heteroatoms. The van der Waals surface area contributed by atoms with E-state index in [4.69, 9.17) is 0 Å². The van der Waals surface area contributed by atoms with Crippen molar-refractivity contribution in [3.63, 3.8) is 0 Å². The molecular formula is C8H9N3OS. The first-order valence-electron chi connectivity index (χ1n) is 3.81. The summed E-state index contributed by atoms with van der Waals surface area (Å²) < 4.78 is 1.52. The zero-order chi connectivity index (χ0) is 9.42. The maximum absolute atomic E-state index is 11.5. The van der Waals surface area contributed by atoms with E-state index in [2.05, 4.69) is 9.97 Å². The number of hydrogen-bond acceptors (Lipinski definition) is 3. The van der Waals surface area contributed by atoms with Crippen LogP contribution < -0.4 is 5.56 Å². The molecule has 0 saturated heterocycles. The Hall–Kier alpha value is -1.23. The van der Waals surface area contributed by atoms with E-state index in [9.17, 15) is 4.79 Å². The van der Waals surface area contributed by atoms with Crippen molar-refractivity contribution in [3.05, 3.63) is 22.6 Å². The third-order valence-electron chi connectivity index (χ3n) is 1.89. The van der Waals surface area contributed by atoms with E-state index in [0.29, 0.717) is 5.52 Å². The number of aromatic amines is 1. The lowest BCUT2D eigenvalue weighted by Gasteiger charge is -1.93. The molecule has 4 nitrogen and oxygen atoms in total. The van der Waals surface area contributed by atoms with Gasteiger partial charge in [0.2, 0.25) is 0 Å². The summed E-state index contributed by atoms with van der Waals surface area (Å²) in [6, 6.07) is 1.85. The largest absolute Gasteiger partial charge is 0.333 e. The lowest BCUT2D eigenvalue weighted by Crippen LogP contribution is -2.15. The molecule has 2 heterocycles. The number of H-pyrrole nitrogens is 1. The summed E-state index contributed by atoms with van der Waals surface area (Å²) in [5, 5.41) is 0.776. The van der Waals surface area contributed by atoms with Crippen LogP contribution in [0.25, 0.3) is 11.0 Å². The van der Waals surface area contributed by atoms with Gasteiger partial charge < -0.3 is 9.55 Å². The maximum Gasteiger partial charge on any atom is 0.278 e. The van der Waals surface area contributed by atoms with Gasteiger partial charge in [0.05, 0.1) is 5.52 Å². The molecule has 0 radical (unpaired) electrons. The summed E-state index contributed by atoms with van der Waals surface area (Å²) in [4.78, 5) is 18.7. The standard InChI is InChI=1S/C8H9N3OS/c1-11-4-3-5-6(7(11)12)10-8(9-5)13-2/h3-4H,1-2H3,(H,9,10). The molecule has 0 saturated carbocycles. The van der Waals surface area contributed by atoms with Crippen molar-refractivity contribution in [3.8, 4) is 0 Å². The molecule has 0 amide bonds. The van der Waals surface area contributed by atoms with Gasteiger partial charge in [0.1, 0.15) is 0 Å². The molecule has 68 valence electrons.